The summed E-state index contributed by atoms with van der Waals surface area (Å²) in [5, 5.41) is 17.3. The molecule has 2 aromatic rings. The Bertz CT molecular complexity index is 2040. The SMILES string of the molecule is CC[C@@H]1C[C@@H]2CN(CC[C@@H]3c4ccccc4N[C@H]3[C@@](C(=O)OC)(c3cc4c(cc3OC)N(C)[C@H]3[C@@](O)(C(=O)OC)[C@H](OC(C)=O)[C@]5(CC)C=CCN6CC[C@]43[C@@H]65)C2)C1. The van der Waals surface area contributed by atoms with E-state index in [0.29, 0.717) is 44.0 Å². The molecule has 4 fully saturated rings. The van der Waals surface area contributed by atoms with Crippen molar-refractivity contribution in [2.45, 2.75) is 106 Å². The molecule has 3 saturated heterocycles. The van der Waals surface area contributed by atoms with Crippen molar-refractivity contribution in [1.29, 1.82) is 0 Å². The third kappa shape index (κ3) is 5.06. The van der Waals surface area contributed by atoms with Gasteiger partial charge in [0.25, 0.3) is 0 Å². The molecule has 12 nitrogen and oxygen atoms in total. The number of nitrogens with zero attached hydrogens (tertiary/aromatic N) is 3. The Labute approximate surface area is 342 Å². The fourth-order valence-electron chi connectivity index (χ4n) is 14.0. The summed E-state index contributed by atoms with van der Waals surface area (Å²) in [5.41, 5.74) is -0.458. The van der Waals surface area contributed by atoms with Gasteiger partial charge in [0.15, 0.2) is 6.10 Å². The molecule has 0 amide bonds. The molecule has 12 atom stereocenters. The second-order valence-electron chi connectivity index (χ2n) is 18.4. The molecule has 58 heavy (non-hydrogen) atoms. The normalized spacial score (nSPS) is 39.3. The number of carbonyl (C=O) groups excluding carboxylic acids is 3. The lowest BCUT2D eigenvalue weighted by Crippen LogP contribution is -2.81. The van der Waals surface area contributed by atoms with Crippen LogP contribution in [0.15, 0.2) is 48.6 Å². The van der Waals surface area contributed by atoms with E-state index in [-0.39, 0.29) is 29.9 Å². The fraction of sp³-hybridized carbons (Fsp3) is 0.630. The van der Waals surface area contributed by atoms with Gasteiger partial charge in [-0.3, -0.25) is 14.5 Å². The molecular weight excluding hydrogens is 737 g/mol. The van der Waals surface area contributed by atoms with Crippen molar-refractivity contribution in [3.8, 4) is 5.75 Å². The average molecular weight is 797 g/mol. The first-order chi connectivity index (χ1) is 27.9. The Morgan fingerprint density at radius 2 is 1.76 bits per heavy atom. The first kappa shape index (κ1) is 39.3. The number of fused-ring (bicyclic) bond motifs is 6. The molecule has 1 aliphatic carbocycles. The van der Waals surface area contributed by atoms with Crippen LogP contribution in [0, 0.1) is 17.3 Å². The minimum absolute atomic E-state index is 0.0167. The third-order valence-corrected chi connectivity index (χ3v) is 16.0. The van der Waals surface area contributed by atoms with Crippen molar-refractivity contribution in [2.24, 2.45) is 17.3 Å². The lowest BCUT2D eigenvalue weighted by molar-refractivity contribution is -0.228. The number of aliphatic hydroxyl groups is 1. The summed E-state index contributed by atoms with van der Waals surface area (Å²) in [7, 11) is 6.34. The van der Waals surface area contributed by atoms with E-state index < -0.39 is 45.9 Å². The largest absolute Gasteiger partial charge is 0.496 e. The van der Waals surface area contributed by atoms with E-state index in [1.54, 1.807) is 7.11 Å². The van der Waals surface area contributed by atoms with Crippen LogP contribution in [-0.2, 0) is 39.4 Å². The molecule has 2 bridgehead atoms. The highest BCUT2D eigenvalue weighted by Gasteiger charge is 2.80. The van der Waals surface area contributed by atoms with Crippen molar-refractivity contribution in [3.05, 3.63) is 65.2 Å². The predicted octanol–water partition coefficient (Wildman–Crippen LogP) is 4.77. The number of hydrogen-bond acceptors (Lipinski definition) is 12. The van der Waals surface area contributed by atoms with Gasteiger partial charge in [0, 0.05) is 79.4 Å². The number of carbonyl (C=O) groups is 3. The minimum atomic E-state index is -2.26. The van der Waals surface area contributed by atoms with Gasteiger partial charge in [-0.25, -0.2) is 4.79 Å². The molecular formula is C46H60N4O8. The summed E-state index contributed by atoms with van der Waals surface area (Å²) in [5.74, 6) is -0.404. The molecule has 0 aromatic heterocycles. The Balaban J connectivity index is 1.33. The maximum atomic E-state index is 15.3. The number of piperidine rings is 1. The summed E-state index contributed by atoms with van der Waals surface area (Å²) in [4.78, 5) is 49.8. The zero-order chi connectivity index (χ0) is 40.9. The van der Waals surface area contributed by atoms with Gasteiger partial charge in [0.2, 0.25) is 5.60 Å². The van der Waals surface area contributed by atoms with E-state index in [0.717, 1.165) is 61.4 Å². The Morgan fingerprint density at radius 3 is 2.47 bits per heavy atom. The maximum Gasteiger partial charge on any atom is 0.344 e. The highest BCUT2D eigenvalue weighted by molar-refractivity contribution is 5.90. The predicted molar refractivity (Wildman–Crippen MR) is 219 cm³/mol. The number of para-hydroxylation sites is 1. The van der Waals surface area contributed by atoms with Crippen LogP contribution in [0.1, 0.15) is 81.9 Å². The van der Waals surface area contributed by atoms with Crippen molar-refractivity contribution < 1.29 is 38.4 Å². The zero-order valence-corrected chi connectivity index (χ0v) is 35.1. The van der Waals surface area contributed by atoms with E-state index in [1.807, 2.05) is 31.0 Å². The van der Waals surface area contributed by atoms with Crippen molar-refractivity contribution in [3.63, 3.8) is 0 Å². The van der Waals surface area contributed by atoms with Gasteiger partial charge >= 0.3 is 17.9 Å². The highest BCUT2D eigenvalue weighted by atomic mass is 16.6. The lowest BCUT2D eigenvalue weighted by atomic mass is 9.47. The summed E-state index contributed by atoms with van der Waals surface area (Å²) in [6, 6.07) is 11.2. The number of esters is 3. The minimum Gasteiger partial charge on any atom is -0.496 e. The first-order valence-electron chi connectivity index (χ1n) is 21.4. The van der Waals surface area contributed by atoms with E-state index in [9.17, 15) is 14.7 Å². The lowest BCUT2D eigenvalue weighted by Gasteiger charge is -2.63. The Hall–Kier alpha value is -4.13. The number of likely N-dealkylation sites (N-methyl/N-ethyl adjacent to an activating group) is 1. The molecule has 9 rings (SSSR count). The fourth-order valence-corrected chi connectivity index (χ4v) is 14.0. The summed E-state index contributed by atoms with van der Waals surface area (Å²) < 4.78 is 24.1. The van der Waals surface area contributed by atoms with Gasteiger partial charge in [-0.2, -0.15) is 0 Å². The molecule has 1 unspecified atom stereocenters. The number of benzene rings is 2. The molecule has 312 valence electrons. The van der Waals surface area contributed by atoms with E-state index in [4.69, 9.17) is 18.9 Å². The van der Waals surface area contributed by atoms with Crippen LogP contribution < -0.4 is 15.0 Å². The van der Waals surface area contributed by atoms with Crippen LogP contribution in [0.2, 0.25) is 0 Å². The smallest absolute Gasteiger partial charge is 0.344 e. The van der Waals surface area contributed by atoms with Crippen LogP contribution in [0.3, 0.4) is 0 Å². The molecule has 7 aliphatic rings. The van der Waals surface area contributed by atoms with Gasteiger partial charge in [-0.05, 0) is 80.3 Å². The second-order valence-corrected chi connectivity index (χ2v) is 18.4. The van der Waals surface area contributed by atoms with Gasteiger partial charge in [-0.1, -0.05) is 50.6 Å². The number of rotatable bonds is 7. The Morgan fingerprint density at radius 1 is 0.983 bits per heavy atom. The van der Waals surface area contributed by atoms with E-state index >= 15 is 4.79 Å². The van der Waals surface area contributed by atoms with Crippen molar-refractivity contribution in [2.75, 3.05) is 71.3 Å². The number of anilines is 2. The number of methoxy groups -OCH3 is 3. The van der Waals surface area contributed by atoms with Crippen LogP contribution in [0.4, 0.5) is 11.4 Å². The number of nitrogens with one attached hydrogen (secondary N) is 1. The molecule has 6 aliphatic heterocycles. The maximum absolute atomic E-state index is 15.3. The first-order valence-corrected chi connectivity index (χ1v) is 21.4. The monoisotopic (exact) mass is 796 g/mol. The van der Waals surface area contributed by atoms with Gasteiger partial charge in [0.05, 0.1) is 33.4 Å². The Kier molecular flexibility index (Phi) is 9.48. The van der Waals surface area contributed by atoms with Gasteiger partial charge in [0.1, 0.15) is 11.2 Å². The quantitative estimate of drug-likeness (QED) is 0.228. The second kappa shape index (κ2) is 14.0. The molecule has 0 radical (unpaired) electrons. The molecule has 12 heteroatoms. The molecule has 1 saturated carbocycles. The van der Waals surface area contributed by atoms with Crippen LogP contribution in [-0.4, -0.2) is 124 Å². The third-order valence-electron chi connectivity index (χ3n) is 16.0. The number of hydrogen-bond donors (Lipinski definition) is 2. The molecule has 6 heterocycles. The topological polar surface area (TPSA) is 130 Å². The summed E-state index contributed by atoms with van der Waals surface area (Å²) in [6.45, 7) is 9.93. The summed E-state index contributed by atoms with van der Waals surface area (Å²) in [6.07, 6.45) is 7.59. The standard InChI is InChI=1S/C46H60N4O8/c1-8-28-21-29-24-45(41(52)56-6,37-31(15-19-49(25-28)26-29)30-13-10-11-14-34(30)47-37)33-22-32-35(23-36(33)55-5)48(4)39-44(32)17-20-50-18-12-16-43(9-2,38(44)50)40(58-27(3)51)46(39,54)42(53)57-7/h10-14,16,22-23,28-29,31,37-40,47,54H,8-9,15,17-21,24-26H2,1-7H3/t28-,29+,31-,37-,38+,39-,40-,43-,44-,45+,46+/m1/s1. The van der Waals surface area contributed by atoms with Crippen molar-refractivity contribution in [1.82, 2.24) is 9.80 Å². The molecule has 1 spiro atoms. The average Bonchev–Trinajstić information content (AvgIpc) is 3.89. The highest BCUT2D eigenvalue weighted by Crippen LogP contribution is 2.68. The zero-order valence-electron chi connectivity index (χ0n) is 35.1. The number of ether oxygens (including phenoxy) is 4. The van der Waals surface area contributed by atoms with Gasteiger partial charge < -0.3 is 39.2 Å². The van der Waals surface area contributed by atoms with Crippen LogP contribution in [0.5, 0.6) is 5.75 Å². The molecule has 2 aromatic carbocycles. The van der Waals surface area contributed by atoms with Crippen molar-refractivity contribution >= 4 is 29.3 Å². The van der Waals surface area contributed by atoms with E-state index in [1.165, 1.54) is 26.7 Å². The summed E-state index contributed by atoms with van der Waals surface area (Å²) >= 11 is 0. The van der Waals surface area contributed by atoms with Gasteiger partial charge in [-0.15, -0.1) is 0 Å². The van der Waals surface area contributed by atoms with E-state index in [2.05, 4.69) is 58.5 Å². The van der Waals surface area contributed by atoms with Crippen LogP contribution in [0.25, 0.3) is 0 Å². The van der Waals surface area contributed by atoms with Crippen LogP contribution >= 0.6 is 0 Å². The molecule has 2 N–H and O–H groups in total.